The van der Waals surface area contributed by atoms with Crippen LogP contribution >= 0.6 is 7.56 Å². The minimum absolute atomic E-state index is 0.634. The SMILES string of the molecule is CC1=N[P+](C(F)(F)F)(C(F)(F)F)N=C1C#N. The highest BCUT2D eigenvalue weighted by molar-refractivity contribution is 7.76. The van der Waals surface area contributed by atoms with Gasteiger partial charge in [0.1, 0.15) is 11.8 Å². The second-order valence-corrected chi connectivity index (χ2v) is 5.40. The van der Waals surface area contributed by atoms with Crippen LogP contribution in [0.1, 0.15) is 6.92 Å². The molecule has 0 spiro atoms. The highest BCUT2D eigenvalue weighted by Crippen LogP contribution is 2.83. The maximum atomic E-state index is 12.4. The number of nitrogens with zero attached hydrogens (tertiary/aromatic N) is 3. The van der Waals surface area contributed by atoms with Crippen LogP contribution in [0, 0.1) is 11.3 Å². The highest BCUT2D eigenvalue weighted by atomic mass is 31.2. The molecule has 0 aromatic carbocycles. The molecule has 88 valence electrons. The van der Waals surface area contributed by atoms with Crippen LogP contribution in [0.5, 0.6) is 0 Å². The molecule has 0 bridgehead atoms. The van der Waals surface area contributed by atoms with Crippen LogP contribution in [0.3, 0.4) is 0 Å². The molecule has 0 unspecified atom stereocenters. The van der Waals surface area contributed by atoms with Gasteiger partial charge in [0.15, 0.2) is 0 Å². The van der Waals surface area contributed by atoms with E-state index in [1.54, 1.807) is 0 Å². The summed E-state index contributed by atoms with van der Waals surface area (Å²) in [5.74, 6) is -11.2. The molecule has 0 aromatic rings. The van der Waals surface area contributed by atoms with E-state index >= 15 is 0 Å². The van der Waals surface area contributed by atoms with E-state index in [0.29, 0.717) is 0 Å². The van der Waals surface area contributed by atoms with Crippen molar-refractivity contribution in [1.29, 1.82) is 5.26 Å². The topological polar surface area (TPSA) is 48.5 Å². The Hall–Kier alpha value is -1.16. The van der Waals surface area contributed by atoms with Gasteiger partial charge in [0, 0.05) is 0 Å². The summed E-state index contributed by atoms with van der Waals surface area (Å²) in [6.07, 6.45) is 0. The lowest BCUT2D eigenvalue weighted by Gasteiger charge is -2.16. The average molecular weight is 262 g/mol. The second-order valence-electron chi connectivity index (χ2n) is 2.78. The Bertz CT molecular complexity index is 397. The zero-order valence-corrected chi connectivity index (χ0v) is 8.45. The van der Waals surface area contributed by atoms with Gasteiger partial charge in [-0.3, -0.25) is 0 Å². The molecule has 1 heterocycles. The van der Waals surface area contributed by atoms with Gasteiger partial charge < -0.3 is 0 Å². The largest absolute Gasteiger partial charge is 0.568 e. The van der Waals surface area contributed by atoms with Gasteiger partial charge in [0.05, 0.1) is 0 Å². The summed E-state index contributed by atoms with van der Waals surface area (Å²) in [6.45, 7) is 0.890. The van der Waals surface area contributed by atoms with Crippen molar-refractivity contribution < 1.29 is 26.3 Å². The van der Waals surface area contributed by atoms with Crippen LogP contribution in [0.25, 0.3) is 0 Å². The van der Waals surface area contributed by atoms with Gasteiger partial charge in [0.2, 0.25) is 5.71 Å². The summed E-state index contributed by atoms with van der Waals surface area (Å²) in [4.78, 5) is 0. The minimum Gasteiger partial charge on any atom is -0.190 e. The normalized spacial score (nSPS) is 20.1. The van der Waals surface area contributed by atoms with Crippen molar-refractivity contribution >= 4 is 19.0 Å². The number of rotatable bonds is 0. The predicted octanol–water partition coefficient (Wildman–Crippen LogP) is 3.31. The fraction of sp³-hybridized carbons (Fsp3) is 0.500. The summed E-state index contributed by atoms with van der Waals surface area (Å²) in [5, 5.41) is 8.32. The first-order valence-electron chi connectivity index (χ1n) is 3.65. The van der Waals surface area contributed by atoms with Crippen molar-refractivity contribution in [3.05, 3.63) is 0 Å². The molecule has 3 nitrogen and oxygen atoms in total. The number of hydrogen-bond acceptors (Lipinski definition) is 3. The van der Waals surface area contributed by atoms with Crippen molar-refractivity contribution in [3.63, 3.8) is 0 Å². The second kappa shape index (κ2) is 3.42. The Morgan fingerprint density at radius 3 is 1.69 bits per heavy atom. The van der Waals surface area contributed by atoms with Crippen LogP contribution in [0.4, 0.5) is 26.3 Å². The molecule has 0 aliphatic carbocycles. The Balaban J connectivity index is 3.47. The smallest absolute Gasteiger partial charge is 0.190 e. The standard InChI is InChI=1S/C6H3F6N3P/c1-3-4(2-13)15-16(14-3,5(7,8)9)6(10,11)12/h1H3/q+1. The molecule has 1 aliphatic rings. The van der Waals surface area contributed by atoms with Crippen molar-refractivity contribution in [3.8, 4) is 6.07 Å². The highest BCUT2D eigenvalue weighted by Gasteiger charge is 2.85. The maximum Gasteiger partial charge on any atom is 0.568 e. The predicted molar refractivity (Wildman–Crippen MR) is 45.2 cm³/mol. The number of hydrogen-bond donors (Lipinski definition) is 0. The van der Waals surface area contributed by atoms with Crippen LogP contribution in [0.2, 0.25) is 0 Å². The van der Waals surface area contributed by atoms with Crippen LogP contribution in [-0.2, 0) is 0 Å². The van der Waals surface area contributed by atoms with Gasteiger partial charge in [-0.1, -0.05) is 9.53 Å². The Morgan fingerprint density at radius 2 is 1.50 bits per heavy atom. The van der Waals surface area contributed by atoms with E-state index in [9.17, 15) is 26.3 Å². The third-order valence-electron chi connectivity index (χ3n) is 1.70. The fourth-order valence-corrected chi connectivity index (χ4v) is 2.77. The molecular weight excluding hydrogens is 259 g/mol. The lowest BCUT2D eigenvalue weighted by Crippen LogP contribution is -2.24. The summed E-state index contributed by atoms with van der Waals surface area (Å²) < 4.78 is 79.4. The molecule has 0 N–H and O–H groups in total. The molecule has 0 saturated heterocycles. The Labute approximate surface area is 85.9 Å². The van der Waals surface area contributed by atoms with Gasteiger partial charge in [-0.15, -0.1) is 26.3 Å². The van der Waals surface area contributed by atoms with Crippen molar-refractivity contribution in [2.75, 3.05) is 0 Å². The molecule has 0 aromatic heterocycles. The Kier molecular flexibility index (Phi) is 2.76. The quantitative estimate of drug-likeness (QED) is 0.488. The summed E-state index contributed by atoms with van der Waals surface area (Å²) >= 11 is 0. The molecule has 0 amide bonds. The van der Waals surface area contributed by atoms with Gasteiger partial charge in [0.25, 0.3) is 0 Å². The molecular formula is C6H3F6N3P+. The van der Waals surface area contributed by atoms with Crippen molar-refractivity contribution in [2.24, 2.45) is 9.53 Å². The number of alkyl halides is 6. The van der Waals surface area contributed by atoms with Gasteiger partial charge >= 0.3 is 19.4 Å². The molecule has 0 radical (unpaired) electrons. The molecule has 0 fully saturated rings. The lowest BCUT2D eigenvalue weighted by atomic mass is 10.3. The summed E-state index contributed by atoms with van der Waals surface area (Å²) in [7, 11) is -5.89. The average Bonchev–Trinajstić information content (AvgIpc) is 2.41. The molecule has 0 atom stereocenters. The molecule has 0 saturated carbocycles. The van der Waals surface area contributed by atoms with E-state index in [0.717, 1.165) is 13.0 Å². The monoisotopic (exact) mass is 262 g/mol. The molecule has 1 aliphatic heterocycles. The van der Waals surface area contributed by atoms with Gasteiger partial charge in [-0.2, -0.15) is 5.26 Å². The van der Waals surface area contributed by atoms with E-state index in [-0.39, 0.29) is 0 Å². The van der Waals surface area contributed by atoms with Crippen molar-refractivity contribution in [2.45, 2.75) is 18.8 Å². The molecule has 1 rings (SSSR count). The first-order valence-corrected chi connectivity index (χ1v) is 5.35. The summed E-state index contributed by atoms with van der Waals surface area (Å²) in [6, 6.07) is 1.16. The molecule has 16 heavy (non-hydrogen) atoms. The van der Waals surface area contributed by atoms with Crippen LogP contribution in [-0.4, -0.2) is 23.3 Å². The maximum absolute atomic E-state index is 12.4. The zero-order valence-electron chi connectivity index (χ0n) is 7.56. The number of halogens is 6. The van der Waals surface area contributed by atoms with E-state index < -0.39 is 30.8 Å². The first-order chi connectivity index (χ1) is 7.05. The zero-order chi connectivity index (χ0) is 12.8. The van der Waals surface area contributed by atoms with Crippen LogP contribution in [0.15, 0.2) is 9.53 Å². The van der Waals surface area contributed by atoms with Crippen LogP contribution < -0.4 is 0 Å². The third kappa shape index (κ3) is 1.67. The first kappa shape index (κ1) is 12.9. The third-order valence-corrected chi connectivity index (χ3v) is 4.19. The van der Waals surface area contributed by atoms with E-state index in [1.807, 2.05) is 0 Å². The van der Waals surface area contributed by atoms with E-state index in [1.165, 1.54) is 0 Å². The fourth-order valence-electron chi connectivity index (χ4n) is 0.978. The van der Waals surface area contributed by atoms with E-state index in [2.05, 4.69) is 9.53 Å². The number of nitriles is 1. The summed E-state index contributed by atoms with van der Waals surface area (Å²) in [5.41, 5.74) is -1.55. The minimum atomic E-state index is -5.89. The Morgan fingerprint density at radius 1 is 1.06 bits per heavy atom. The van der Waals surface area contributed by atoms with Crippen molar-refractivity contribution in [1.82, 2.24) is 0 Å². The molecule has 10 heteroatoms. The van der Waals surface area contributed by atoms with E-state index in [4.69, 9.17) is 5.26 Å². The van der Waals surface area contributed by atoms with Gasteiger partial charge in [-0.25, -0.2) is 0 Å². The lowest BCUT2D eigenvalue weighted by molar-refractivity contribution is -0.0897. The van der Waals surface area contributed by atoms with Gasteiger partial charge in [-0.05, 0) is 6.92 Å².